The Labute approximate surface area is 118 Å². The van der Waals surface area contributed by atoms with Gasteiger partial charge >= 0.3 is 5.97 Å². The van der Waals surface area contributed by atoms with Crippen molar-refractivity contribution in [3.8, 4) is 11.3 Å². The zero-order valence-corrected chi connectivity index (χ0v) is 11.7. The van der Waals surface area contributed by atoms with Crippen LogP contribution in [-0.4, -0.2) is 18.1 Å². The smallest absolute Gasteiger partial charge is 0.309 e. The van der Waals surface area contributed by atoms with E-state index in [4.69, 9.17) is 4.74 Å². The minimum atomic E-state index is -0.114. The van der Waals surface area contributed by atoms with Crippen molar-refractivity contribution in [1.29, 1.82) is 0 Å². The highest BCUT2D eigenvalue weighted by Crippen LogP contribution is 2.31. The fourth-order valence-corrected chi connectivity index (χ4v) is 2.81. The van der Waals surface area contributed by atoms with E-state index in [1.54, 1.807) is 0 Å². The molecule has 102 valence electrons. The molecule has 0 radical (unpaired) electrons. The van der Waals surface area contributed by atoms with Crippen LogP contribution in [-0.2, 0) is 22.4 Å². The molecular formula is C17H17NO2. The van der Waals surface area contributed by atoms with Crippen molar-refractivity contribution in [2.45, 2.75) is 19.8 Å². The Hall–Kier alpha value is -2.16. The van der Waals surface area contributed by atoms with Crippen LogP contribution in [0.3, 0.4) is 0 Å². The molecule has 1 unspecified atom stereocenters. The van der Waals surface area contributed by atoms with Gasteiger partial charge < -0.3 is 4.74 Å². The van der Waals surface area contributed by atoms with Crippen molar-refractivity contribution >= 4 is 5.97 Å². The number of aryl methyl sites for hydroxylation is 1. The van der Waals surface area contributed by atoms with Crippen LogP contribution in [0.5, 0.6) is 0 Å². The number of pyridine rings is 1. The summed E-state index contributed by atoms with van der Waals surface area (Å²) in [5.41, 5.74) is 5.58. The first-order valence-electron chi connectivity index (χ1n) is 6.81. The standard InChI is InChI=1S/C17H17NO2/c1-11-4-3-5-16(18-11)13-7-6-12-8-15(17(19)20-2)10-14(12)9-13/h3-7,9,15H,8,10H2,1-2H3. The van der Waals surface area contributed by atoms with E-state index >= 15 is 0 Å². The molecule has 2 aromatic rings. The maximum absolute atomic E-state index is 11.6. The summed E-state index contributed by atoms with van der Waals surface area (Å²) in [4.78, 5) is 16.2. The number of carbonyl (C=O) groups is 1. The molecule has 0 saturated carbocycles. The molecule has 0 saturated heterocycles. The van der Waals surface area contributed by atoms with Crippen LogP contribution >= 0.6 is 0 Å². The fourth-order valence-electron chi connectivity index (χ4n) is 2.81. The van der Waals surface area contributed by atoms with Gasteiger partial charge in [0.1, 0.15) is 0 Å². The number of benzene rings is 1. The molecule has 0 aliphatic heterocycles. The largest absolute Gasteiger partial charge is 0.469 e. The van der Waals surface area contributed by atoms with Gasteiger partial charge in [0, 0.05) is 11.3 Å². The van der Waals surface area contributed by atoms with Crippen molar-refractivity contribution < 1.29 is 9.53 Å². The minimum Gasteiger partial charge on any atom is -0.469 e. The van der Waals surface area contributed by atoms with Gasteiger partial charge in [-0.15, -0.1) is 0 Å². The highest BCUT2D eigenvalue weighted by atomic mass is 16.5. The Bertz CT molecular complexity index is 664. The highest BCUT2D eigenvalue weighted by molar-refractivity contribution is 5.75. The summed E-state index contributed by atoms with van der Waals surface area (Å²) in [6, 6.07) is 12.4. The van der Waals surface area contributed by atoms with Gasteiger partial charge in [0.25, 0.3) is 0 Å². The van der Waals surface area contributed by atoms with Crippen LogP contribution in [0.25, 0.3) is 11.3 Å². The van der Waals surface area contributed by atoms with E-state index in [9.17, 15) is 4.79 Å². The first kappa shape index (κ1) is 12.9. The van der Waals surface area contributed by atoms with Gasteiger partial charge in [0.2, 0.25) is 0 Å². The van der Waals surface area contributed by atoms with E-state index in [1.165, 1.54) is 18.2 Å². The minimum absolute atomic E-state index is 0.0317. The second kappa shape index (κ2) is 5.08. The number of carbonyl (C=O) groups excluding carboxylic acids is 1. The molecule has 1 aliphatic rings. The van der Waals surface area contributed by atoms with Gasteiger partial charge in [0.15, 0.2) is 0 Å². The normalized spacial score (nSPS) is 16.8. The van der Waals surface area contributed by atoms with E-state index in [-0.39, 0.29) is 11.9 Å². The number of fused-ring (bicyclic) bond motifs is 1. The third-order valence-electron chi connectivity index (χ3n) is 3.86. The molecule has 0 fully saturated rings. The van der Waals surface area contributed by atoms with E-state index in [0.717, 1.165) is 29.8 Å². The van der Waals surface area contributed by atoms with Crippen LogP contribution in [0.1, 0.15) is 16.8 Å². The number of ether oxygens (including phenoxy) is 1. The molecule has 1 aromatic heterocycles. The van der Waals surface area contributed by atoms with Crippen LogP contribution in [0, 0.1) is 12.8 Å². The molecule has 20 heavy (non-hydrogen) atoms. The lowest BCUT2D eigenvalue weighted by Gasteiger charge is -2.05. The van der Waals surface area contributed by atoms with Gasteiger partial charge in [-0.05, 0) is 49.1 Å². The van der Waals surface area contributed by atoms with E-state index in [1.807, 2.05) is 25.1 Å². The first-order chi connectivity index (χ1) is 9.67. The predicted octanol–water partition coefficient (Wildman–Crippen LogP) is 2.94. The van der Waals surface area contributed by atoms with Crippen molar-refractivity contribution in [3.63, 3.8) is 0 Å². The van der Waals surface area contributed by atoms with Crippen molar-refractivity contribution in [3.05, 3.63) is 53.2 Å². The molecule has 3 rings (SSSR count). The Kier molecular flexibility index (Phi) is 3.26. The molecule has 1 aromatic carbocycles. The lowest BCUT2D eigenvalue weighted by molar-refractivity contribution is -0.145. The summed E-state index contributed by atoms with van der Waals surface area (Å²) < 4.78 is 4.84. The van der Waals surface area contributed by atoms with E-state index in [0.29, 0.717) is 0 Å². The van der Waals surface area contributed by atoms with Crippen LogP contribution in [0.15, 0.2) is 36.4 Å². The molecule has 0 spiro atoms. The fraction of sp³-hybridized carbons (Fsp3) is 0.294. The van der Waals surface area contributed by atoms with Gasteiger partial charge in [0.05, 0.1) is 18.7 Å². The zero-order chi connectivity index (χ0) is 14.1. The van der Waals surface area contributed by atoms with Crippen molar-refractivity contribution in [1.82, 2.24) is 4.98 Å². The SMILES string of the molecule is COC(=O)C1Cc2ccc(-c3cccc(C)n3)cc2C1. The second-order valence-corrected chi connectivity index (χ2v) is 5.28. The monoisotopic (exact) mass is 267 g/mol. The van der Waals surface area contributed by atoms with Gasteiger partial charge in [-0.3, -0.25) is 9.78 Å². The predicted molar refractivity (Wildman–Crippen MR) is 77.3 cm³/mol. The number of nitrogens with zero attached hydrogens (tertiary/aromatic N) is 1. The summed E-state index contributed by atoms with van der Waals surface area (Å²) in [5.74, 6) is -0.146. The van der Waals surface area contributed by atoms with Crippen molar-refractivity contribution in [2.24, 2.45) is 5.92 Å². The number of hydrogen-bond acceptors (Lipinski definition) is 3. The number of methoxy groups -OCH3 is 1. The average Bonchev–Trinajstić information content (AvgIpc) is 2.89. The quantitative estimate of drug-likeness (QED) is 0.785. The summed E-state index contributed by atoms with van der Waals surface area (Å²) in [6.07, 6.45) is 1.55. The summed E-state index contributed by atoms with van der Waals surface area (Å²) in [6.45, 7) is 1.99. The molecule has 0 N–H and O–H groups in total. The van der Waals surface area contributed by atoms with E-state index in [2.05, 4.69) is 23.2 Å². The van der Waals surface area contributed by atoms with Gasteiger partial charge in [-0.1, -0.05) is 18.2 Å². The van der Waals surface area contributed by atoms with Crippen LogP contribution in [0.2, 0.25) is 0 Å². The Balaban J connectivity index is 1.91. The number of esters is 1. The Morgan fingerprint density at radius 1 is 1.20 bits per heavy atom. The zero-order valence-electron chi connectivity index (χ0n) is 11.7. The lowest BCUT2D eigenvalue weighted by Crippen LogP contribution is -2.15. The van der Waals surface area contributed by atoms with Crippen molar-refractivity contribution in [2.75, 3.05) is 7.11 Å². The van der Waals surface area contributed by atoms with Gasteiger partial charge in [-0.25, -0.2) is 0 Å². The maximum atomic E-state index is 11.6. The molecule has 1 heterocycles. The third-order valence-corrected chi connectivity index (χ3v) is 3.86. The Morgan fingerprint density at radius 2 is 2.00 bits per heavy atom. The lowest BCUT2D eigenvalue weighted by atomic mass is 10.0. The summed E-state index contributed by atoms with van der Waals surface area (Å²) in [5, 5.41) is 0. The van der Waals surface area contributed by atoms with Gasteiger partial charge in [-0.2, -0.15) is 0 Å². The average molecular weight is 267 g/mol. The molecule has 1 atom stereocenters. The highest BCUT2D eigenvalue weighted by Gasteiger charge is 2.28. The number of rotatable bonds is 2. The first-order valence-corrected chi connectivity index (χ1v) is 6.81. The summed E-state index contributed by atoms with van der Waals surface area (Å²) in [7, 11) is 1.45. The third kappa shape index (κ3) is 2.31. The van der Waals surface area contributed by atoms with Crippen LogP contribution in [0.4, 0.5) is 0 Å². The maximum Gasteiger partial charge on any atom is 0.309 e. The topological polar surface area (TPSA) is 39.2 Å². The molecule has 0 amide bonds. The molecule has 1 aliphatic carbocycles. The molecule has 3 heteroatoms. The summed E-state index contributed by atoms with van der Waals surface area (Å²) >= 11 is 0. The molecule has 3 nitrogen and oxygen atoms in total. The Morgan fingerprint density at radius 3 is 2.75 bits per heavy atom. The number of aromatic nitrogens is 1. The molecular weight excluding hydrogens is 250 g/mol. The number of hydrogen-bond donors (Lipinski definition) is 0. The molecule has 0 bridgehead atoms. The van der Waals surface area contributed by atoms with E-state index < -0.39 is 0 Å². The second-order valence-electron chi connectivity index (χ2n) is 5.28. The van der Waals surface area contributed by atoms with Crippen LogP contribution < -0.4 is 0 Å².